The van der Waals surface area contributed by atoms with E-state index < -0.39 is 46.6 Å². The van der Waals surface area contributed by atoms with Crippen LogP contribution in [0.1, 0.15) is 81.1 Å². The van der Waals surface area contributed by atoms with Crippen molar-refractivity contribution in [2.75, 3.05) is 19.8 Å². The highest BCUT2D eigenvalue weighted by Crippen LogP contribution is 2.64. The second-order valence-corrected chi connectivity index (χ2v) is 14.1. The maximum atomic E-state index is 14.8. The molecule has 1 spiro atoms. The quantitative estimate of drug-likeness (QED) is 0.292. The molecule has 220 valence electrons. The molecule has 3 fully saturated rings. The van der Waals surface area contributed by atoms with Crippen LogP contribution in [0.3, 0.4) is 0 Å². The summed E-state index contributed by atoms with van der Waals surface area (Å²) in [5, 5.41) is 10.5. The third-order valence-corrected chi connectivity index (χ3v) is 8.66. The van der Waals surface area contributed by atoms with Crippen LogP contribution in [0.2, 0.25) is 0 Å². The molecule has 0 radical (unpaired) electrons. The Kier molecular flexibility index (Phi) is 8.84. The van der Waals surface area contributed by atoms with E-state index >= 15 is 0 Å². The molecule has 3 heterocycles. The van der Waals surface area contributed by atoms with Crippen LogP contribution in [0.15, 0.2) is 25.3 Å². The van der Waals surface area contributed by atoms with Crippen molar-refractivity contribution < 1.29 is 29.0 Å². The molecule has 8 heteroatoms. The Hall–Kier alpha value is -2.19. The average Bonchev–Trinajstić information content (AvgIpc) is 3.38. The zero-order chi connectivity index (χ0) is 29.6. The van der Waals surface area contributed by atoms with E-state index in [1.807, 2.05) is 34.6 Å². The molecule has 3 rings (SSSR count). The van der Waals surface area contributed by atoms with Gasteiger partial charge in [0.05, 0.1) is 24.2 Å². The van der Waals surface area contributed by atoms with E-state index in [9.17, 15) is 19.5 Å². The summed E-state index contributed by atoms with van der Waals surface area (Å²) in [6, 6.07) is -1.55. The molecule has 0 aromatic heterocycles. The summed E-state index contributed by atoms with van der Waals surface area (Å²) in [6.07, 6.45) is 5.45. The van der Waals surface area contributed by atoms with Crippen LogP contribution in [0, 0.1) is 23.2 Å². The van der Waals surface area contributed by atoms with Crippen LogP contribution in [0.4, 0.5) is 0 Å². The molecule has 0 aromatic carbocycles. The number of aliphatic hydroxyl groups excluding tert-OH is 1. The van der Waals surface area contributed by atoms with Crippen LogP contribution in [0.5, 0.6) is 0 Å². The fourth-order valence-electron chi connectivity index (χ4n) is 7.75. The van der Waals surface area contributed by atoms with Gasteiger partial charge in [0.25, 0.3) is 0 Å². The van der Waals surface area contributed by atoms with Gasteiger partial charge >= 0.3 is 5.97 Å². The molecule has 0 aromatic rings. The number of ether oxygens (including phenoxy) is 2. The number of hydrogen-bond acceptors (Lipinski definition) is 6. The first kappa shape index (κ1) is 31.3. The highest BCUT2D eigenvalue weighted by Gasteiger charge is 2.79. The lowest BCUT2D eigenvalue weighted by atomic mass is 9.66. The molecule has 3 aliphatic rings. The fraction of sp³-hybridized carbons (Fsp3) is 0.774. The number of esters is 1. The lowest BCUT2D eigenvalue weighted by Crippen LogP contribution is -2.62. The minimum Gasteiger partial charge on any atom is -0.461 e. The Morgan fingerprint density at radius 3 is 2.36 bits per heavy atom. The number of amides is 2. The Morgan fingerprint density at radius 1 is 1.21 bits per heavy atom. The number of rotatable bonds is 12. The Morgan fingerprint density at radius 2 is 1.85 bits per heavy atom. The van der Waals surface area contributed by atoms with Gasteiger partial charge in [-0.25, -0.2) is 0 Å². The highest BCUT2D eigenvalue weighted by molar-refractivity contribution is 5.99. The van der Waals surface area contributed by atoms with E-state index in [4.69, 9.17) is 9.47 Å². The molecular formula is C31H50N2O6. The molecule has 6 atom stereocenters. The van der Waals surface area contributed by atoms with Crippen molar-refractivity contribution in [3.8, 4) is 0 Å². The minimum absolute atomic E-state index is 0.0338. The Bertz CT molecular complexity index is 984. The summed E-state index contributed by atoms with van der Waals surface area (Å²) >= 11 is 0. The maximum absolute atomic E-state index is 14.8. The first-order chi connectivity index (χ1) is 18.0. The number of aliphatic hydroxyl groups is 1. The first-order valence-corrected chi connectivity index (χ1v) is 14.3. The van der Waals surface area contributed by atoms with Crippen molar-refractivity contribution in [2.45, 2.75) is 110 Å². The average molecular weight is 547 g/mol. The lowest BCUT2D eigenvalue weighted by Gasteiger charge is -2.46. The van der Waals surface area contributed by atoms with Crippen molar-refractivity contribution in [3.63, 3.8) is 0 Å². The summed E-state index contributed by atoms with van der Waals surface area (Å²) in [6.45, 7) is 24.0. The van der Waals surface area contributed by atoms with Crippen LogP contribution >= 0.6 is 0 Å². The van der Waals surface area contributed by atoms with E-state index in [0.29, 0.717) is 25.8 Å². The molecule has 8 nitrogen and oxygen atoms in total. The number of carbonyl (C=O) groups is 3. The number of likely N-dealkylation sites (tertiary alicyclic amines) is 1. The van der Waals surface area contributed by atoms with Crippen LogP contribution < -0.4 is 0 Å². The molecule has 2 bridgehead atoms. The second kappa shape index (κ2) is 11.0. The topological polar surface area (TPSA) is 96.4 Å². The summed E-state index contributed by atoms with van der Waals surface area (Å²) < 4.78 is 12.2. The molecule has 2 amide bonds. The zero-order valence-corrected chi connectivity index (χ0v) is 25.3. The number of hydrogen-bond donors (Lipinski definition) is 1. The zero-order valence-electron chi connectivity index (χ0n) is 25.3. The predicted octanol–water partition coefficient (Wildman–Crippen LogP) is 4.12. The molecule has 3 aliphatic heterocycles. The van der Waals surface area contributed by atoms with E-state index in [2.05, 4.69) is 33.9 Å². The van der Waals surface area contributed by atoms with Crippen LogP contribution in [0.25, 0.3) is 0 Å². The Balaban J connectivity index is 2.17. The van der Waals surface area contributed by atoms with Crippen molar-refractivity contribution in [2.24, 2.45) is 23.2 Å². The molecule has 0 saturated carbocycles. The van der Waals surface area contributed by atoms with Gasteiger partial charge in [0.1, 0.15) is 24.2 Å². The number of nitrogens with zero attached hydrogens (tertiary/aromatic N) is 2. The van der Waals surface area contributed by atoms with Gasteiger partial charge in [-0.3, -0.25) is 14.4 Å². The standard InChI is InChI=1S/C31H50N2O6/c1-11-15-32(29(8,9)19-28(5,6)7)26(36)24-31-14-13-30(10,39-31)23(27(37)38-16-12-2)22(31)25(35)33(24)21(18-34)17-20(3)4/h11-12,20-24,34H,1-2,13-19H2,3-10H3/t21-,22+,23-,24?,30+,31?/m1/s1. The van der Waals surface area contributed by atoms with Crippen molar-refractivity contribution in [1.29, 1.82) is 0 Å². The third kappa shape index (κ3) is 5.56. The van der Waals surface area contributed by atoms with Crippen molar-refractivity contribution in [1.82, 2.24) is 9.80 Å². The van der Waals surface area contributed by atoms with E-state index in [0.717, 1.165) is 6.42 Å². The summed E-state index contributed by atoms with van der Waals surface area (Å²) in [5.41, 5.74) is -2.71. The van der Waals surface area contributed by atoms with Gasteiger partial charge in [0, 0.05) is 12.1 Å². The van der Waals surface area contributed by atoms with Gasteiger partial charge in [-0.2, -0.15) is 0 Å². The van der Waals surface area contributed by atoms with Gasteiger partial charge in [-0.05, 0) is 57.8 Å². The van der Waals surface area contributed by atoms with Gasteiger partial charge in [0.15, 0.2) is 0 Å². The van der Waals surface area contributed by atoms with Gasteiger partial charge < -0.3 is 24.4 Å². The third-order valence-electron chi connectivity index (χ3n) is 8.66. The van der Waals surface area contributed by atoms with Gasteiger partial charge in [-0.1, -0.05) is 53.3 Å². The van der Waals surface area contributed by atoms with E-state index in [1.165, 1.54) is 6.08 Å². The molecule has 0 aliphatic carbocycles. The van der Waals surface area contributed by atoms with Crippen molar-refractivity contribution >= 4 is 17.8 Å². The molecule has 1 N–H and O–H groups in total. The molecule has 3 saturated heterocycles. The maximum Gasteiger partial charge on any atom is 0.313 e. The minimum atomic E-state index is -1.18. The summed E-state index contributed by atoms with van der Waals surface area (Å²) in [4.78, 5) is 45.9. The smallest absolute Gasteiger partial charge is 0.313 e. The molecular weight excluding hydrogens is 496 g/mol. The summed E-state index contributed by atoms with van der Waals surface area (Å²) in [7, 11) is 0. The first-order valence-electron chi connectivity index (χ1n) is 14.3. The lowest BCUT2D eigenvalue weighted by molar-refractivity contribution is -0.163. The normalized spacial score (nSPS) is 30.9. The SMILES string of the molecule is C=CCOC(=O)[C@H]1[C@H]2C(=O)N([C@@H](CO)CC(C)C)C(C(=O)N(CC=C)C(C)(C)CC(C)(C)C)C23CC[C@]1(C)O3. The van der Waals surface area contributed by atoms with Crippen molar-refractivity contribution in [3.05, 3.63) is 25.3 Å². The molecule has 2 unspecified atom stereocenters. The largest absolute Gasteiger partial charge is 0.461 e. The monoisotopic (exact) mass is 546 g/mol. The predicted molar refractivity (Wildman–Crippen MR) is 151 cm³/mol. The van der Waals surface area contributed by atoms with Crippen LogP contribution in [-0.2, 0) is 23.9 Å². The molecule has 39 heavy (non-hydrogen) atoms. The van der Waals surface area contributed by atoms with Gasteiger partial charge in [0.2, 0.25) is 11.8 Å². The second-order valence-electron chi connectivity index (χ2n) is 14.1. The van der Waals surface area contributed by atoms with Crippen LogP contribution in [-0.4, -0.2) is 81.3 Å². The number of fused-ring (bicyclic) bond motifs is 1. The van der Waals surface area contributed by atoms with Gasteiger partial charge in [-0.15, -0.1) is 6.58 Å². The van der Waals surface area contributed by atoms with E-state index in [-0.39, 0.29) is 36.4 Å². The number of carbonyl (C=O) groups excluding carboxylic acids is 3. The van der Waals surface area contributed by atoms with E-state index in [1.54, 1.807) is 15.9 Å². The Labute approximate surface area is 234 Å². The highest BCUT2D eigenvalue weighted by atomic mass is 16.6. The summed E-state index contributed by atoms with van der Waals surface area (Å²) in [5.74, 6) is -2.58. The fourth-order valence-corrected chi connectivity index (χ4v) is 7.75.